The van der Waals surface area contributed by atoms with Crippen molar-refractivity contribution in [3.05, 3.63) is 22.8 Å². The molecule has 98 valence electrons. The largest absolute Gasteiger partial charge is 0.473 e. The number of hydrogen-bond acceptors (Lipinski definition) is 3. The Labute approximate surface area is 112 Å². The van der Waals surface area contributed by atoms with Crippen molar-refractivity contribution < 1.29 is 4.74 Å². The second-order valence-electron chi connectivity index (χ2n) is 4.62. The first-order chi connectivity index (χ1) is 8.68. The van der Waals surface area contributed by atoms with Gasteiger partial charge in [-0.25, -0.2) is 4.98 Å². The first-order valence-electron chi connectivity index (χ1n) is 6.34. The van der Waals surface area contributed by atoms with Crippen LogP contribution in [0.2, 0.25) is 5.02 Å². The Balaban J connectivity index is 2.13. The van der Waals surface area contributed by atoms with Crippen molar-refractivity contribution in [2.45, 2.75) is 44.6 Å². The number of pyridine rings is 1. The van der Waals surface area contributed by atoms with E-state index in [1.807, 2.05) is 0 Å². The summed E-state index contributed by atoms with van der Waals surface area (Å²) in [6, 6.07) is 1.63. The number of aromatic nitrogens is 1. The summed E-state index contributed by atoms with van der Waals surface area (Å²) in [5, 5.41) is 7.78. The van der Waals surface area contributed by atoms with E-state index in [0.717, 1.165) is 12.8 Å². The quantitative estimate of drug-likeness (QED) is 0.502. The molecule has 3 N–H and O–H groups in total. The topological polar surface area (TPSA) is 72.0 Å². The number of nitrogen functional groups attached to an aromatic ring is 1. The lowest BCUT2D eigenvalue weighted by Crippen LogP contribution is -2.18. The van der Waals surface area contributed by atoms with Gasteiger partial charge in [0.1, 0.15) is 17.0 Å². The standard InChI is InChI=1S/C13H18ClN3O/c14-11-10(12(15)16)7-8-17-13(11)18-9-5-3-1-2-4-6-9/h7-9H,1-6H2,(H3,15,16). The lowest BCUT2D eigenvalue weighted by Gasteiger charge is -2.17. The number of amidine groups is 1. The van der Waals surface area contributed by atoms with Crippen LogP contribution in [0.5, 0.6) is 5.88 Å². The molecule has 0 amide bonds. The van der Waals surface area contributed by atoms with Gasteiger partial charge in [0, 0.05) is 11.8 Å². The van der Waals surface area contributed by atoms with Crippen molar-refractivity contribution in [1.29, 1.82) is 5.41 Å². The molecule has 0 aliphatic heterocycles. The van der Waals surface area contributed by atoms with Gasteiger partial charge in [0.25, 0.3) is 0 Å². The van der Waals surface area contributed by atoms with Crippen LogP contribution in [0.15, 0.2) is 12.3 Å². The monoisotopic (exact) mass is 267 g/mol. The zero-order valence-corrected chi connectivity index (χ0v) is 11.0. The Hall–Kier alpha value is -1.29. The van der Waals surface area contributed by atoms with Crippen molar-refractivity contribution in [3.8, 4) is 5.88 Å². The molecule has 0 bridgehead atoms. The number of ether oxygens (including phenoxy) is 1. The molecule has 0 saturated heterocycles. The van der Waals surface area contributed by atoms with Crippen LogP contribution in [0, 0.1) is 5.41 Å². The van der Waals surface area contributed by atoms with Crippen LogP contribution in [0.1, 0.15) is 44.1 Å². The van der Waals surface area contributed by atoms with E-state index in [9.17, 15) is 0 Å². The van der Waals surface area contributed by atoms with Gasteiger partial charge in [-0.2, -0.15) is 0 Å². The summed E-state index contributed by atoms with van der Waals surface area (Å²) in [4.78, 5) is 4.14. The first-order valence-corrected chi connectivity index (χ1v) is 6.72. The van der Waals surface area contributed by atoms with E-state index in [4.69, 9.17) is 27.5 Å². The molecule has 2 rings (SSSR count). The van der Waals surface area contributed by atoms with Crippen molar-refractivity contribution >= 4 is 17.4 Å². The van der Waals surface area contributed by atoms with E-state index in [0.29, 0.717) is 16.5 Å². The summed E-state index contributed by atoms with van der Waals surface area (Å²) in [6.45, 7) is 0. The van der Waals surface area contributed by atoms with Crippen molar-refractivity contribution in [1.82, 2.24) is 4.98 Å². The molecular weight excluding hydrogens is 250 g/mol. The van der Waals surface area contributed by atoms with Gasteiger partial charge in [-0.3, -0.25) is 5.41 Å². The van der Waals surface area contributed by atoms with Crippen LogP contribution in [-0.2, 0) is 0 Å². The maximum atomic E-state index is 7.44. The Bertz CT molecular complexity index is 428. The third kappa shape index (κ3) is 3.13. The zero-order valence-electron chi connectivity index (χ0n) is 10.3. The van der Waals surface area contributed by atoms with Gasteiger partial charge in [-0.05, 0) is 31.7 Å². The predicted octanol–water partition coefficient (Wildman–Crippen LogP) is 3.12. The van der Waals surface area contributed by atoms with E-state index in [-0.39, 0.29) is 11.9 Å². The van der Waals surface area contributed by atoms with Crippen LogP contribution >= 0.6 is 11.6 Å². The Kier molecular flexibility index (Phi) is 4.42. The lowest BCUT2D eigenvalue weighted by atomic mass is 10.1. The summed E-state index contributed by atoms with van der Waals surface area (Å²) >= 11 is 6.16. The molecule has 1 aromatic heterocycles. The smallest absolute Gasteiger partial charge is 0.233 e. The first kappa shape index (κ1) is 13.1. The van der Waals surface area contributed by atoms with E-state index in [1.54, 1.807) is 12.3 Å². The van der Waals surface area contributed by atoms with Crippen LogP contribution < -0.4 is 10.5 Å². The third-order valence-corrected chi connectivity index (χ3v) is 3.59. The summed E-state index contributed by atoms with van der Waals surface area (Å²) in [5.41, 5.74) is 5.94. The van der Waals surface area contributed by atoms with Crippen molar-refractivity contribution in [3.63, 3.8) is 0 Å². The normalized spacial score (nSPS) is 17.2. The average molecular weight is 268 g/mol. The maximum Gasteiger partial charge on any atom is 0.233 e. The fourth-order valence-electron chi connectivity index (χ4n) is 2.23. The van der Waals surface area contributed by atoms with Gasteiger partial charge in [0.2, 0.25) is 5.88 Å². The highest BCUT2D eigenvalue weighted by atomic mass is 35.5. The molecular formula is C13H18ClN3O. The molecule has 5 heteroatoms. The highest BCUT2D eigenvalue weighted by molar-refractivity contribution is 6.35. The minimum atomic E-state index is -0.0619. The summed E-state index contributed by atoms with van der Waals surface area (Å²) in [7, 11) is 0. The van der Waals surface area contributed by atoms with Crippen molar-refractivity contribution in [2.24, 2.45) is 5.73 Å². The molecule has 1 fully saturated rings. The minimum Gasteiger partial charge on any atom is -0.473 e. The zero-order chi connectivity index (χ0) is 13.0. The molecule has 1 aliphatic carbocycles. The van der Waals surface area contributed by atoms with Crippen LogP contribution in [0.3, 0.4) is 0 Å². The number of rotatable bonds is 3. The molecule has 0 unspecified atom stereocenters. The summed E-state index contributed by atoms with van der Waals surface area (Å²) < 4.78 is 5.86. The molecule has 1 aliphatic rings. The Morgan fingerprint density at radius 2 is 2.00 bits per heavy atom. The minimum absolute atomic E-state index is 0.0619. The Morgan fingerprint density at radius 3 is 2.61 bits per heavy atom. The number of nitrogens with two attached hydrogens (primary N) is 1. The number of nitrogens with zero attached hydrogens (tertiary/aromatic N) is 1. The predicted molar refractivity (Wildman–Crippen MR) is 72.4 cm³/mol. The molecule has 4 nitrogen and oxygen atoms in total. The third-order valence-electron chi connectivity index (χ3n) is 3.23. The van der Waals surface area contributed by atoms with E-state index in [1.165, 1.54) is 25.7 Å². The van der Waals surface area contributed by atoms with Gasteiger partial charge in [-0.1, -0.05) is 24.4 Å². The number of hydrogen-bond donors (Lipinski definition) is 2. The van der Waals surface area contributed by atoms with Gasteiger partial charge in [0.05, 0.1) is 0 Å². The van der Waals surface area contributed by atoms with Gasteiger partial charge in [-0.15, -0.1) is 0 Å². The fourth-order valence-corrected chi connectivity index (χ4v) is 2.49. The highest BCUT2D eigenvalue weighted by Crippen LogP contribution is 2.29. The van der Waals surface area contributed by atoms with Gasteiger partial charge < -0.3 is 10.5 Å². The van der Waals surface area contributed by atoms with Gasteiger partial charge in [0.15, 0.2) is 0 Å². The van der Waals surface area contributed by atoms with Crippen LogP contribution in [-0.4, -0.2) is 16.9 Å². The van der Waals surface area contributed by atoms with Gasteiger partial charge >= 0.3 is 0 Å². The molecule has 1 aromatic rings. The highest BCUT2D eigenvalue weighted by Gasteiger charge is 2.17. The molecule has 1 heterocycles. The van der Waals surface area contributed by atoms with E-state index in [2.05, 4.69) is 4.98 Å². The molecule has 0 atom stereocenters. The maximum absolute atomic E-state index is 7.44. The molecule has 0 radical (unpaired) electrons. The molecule has 0 spiro atoms. The number of halogens is 1. The number of nitrogens with one attached hydrogen (secondary N) is 1. The van der Waals surface area contributed by atoms with E-state index < -0.39 is 0 Å². The second-order valence-corrected chi connectivity index (χ2v) is 5.00. The fraction of sp³-hybridized carbons (Fsp3) is 0.538. The second kappa shape index (κ2) is 6.05. The summed E-state index contributed by atoms with van der Waals surface area (Å²) in [5.74, 6) is 0.337. The van der Waals surface area contributed by atoms with Crippen LogP contribution in [0.25, 0.3) is 0 Å². The van der Waals surface area contributed by atoms with Crippen molar-refractivity contribution in [2.75, 3.05) is 0 Å². The Morgan fingerprint density at radius 1 is 1.33 bits per heavy atom. The average Bonchev–Trinajstić information content (AvgIpc) is 2.60. The van der Waals surface area contributed by atoms with Crippen LogP contribution in [0.4, 0.5) is 0 Å². The molecule has 1 saturated carbocycles. The molecule has 0 aromatic carbocycles. The lowest BCUT2D eigenvalue weighted by molar-refractivity contribution is 0.176. The summed E-state index contributed by atoms with van der Waals surface area (Å²) in [6.07, 6.45) is 8.77. The molecule has 18 heavy (non-hydrogen) atoms. The SMILES string of the molecule is N=C(N)c1ccnc(OC2CCCCCC2)c1Cl. The van der Waals surface area contributed by atoms with E-state index >= 15 is 0 Å².